The zero-order valence-corrected chi connectivity index (χ0v) is 13.7. The summed E-state index contributed by atoms with van der Waals surface area (Å²) >= 11 is 12.3. The van der Waals surface area contributed by atoms with Gasteiger partial charge in [-0.25, -0.2) is 4.98 Å². The third-order valence-electron chi connectivity index (χ3n) is 2.94. The summed E-state index contributed by atoms with van der Waals surface area (Å²) in [6.07, 6.45) is 1.49. The summed E-state index contributed by atoms with van der Waals surface area (Å²) in [6.45, 7) is 5.08. The van der Waals surface area contributed by atoms with Crippen molar-refractivity contribution in [3.05, 3.63) is 39.9 Å². The number of nitrogens with zero attached hydrogens (tertiary/aromatic N) is 3. The molecule has 1 heterocycles. The smallest absolute Gasteiger partial charge is 0.164 e. The van der Waals surface area contributed by atoms with Gasteiger partial charge in [-0.15, -0.1) is 0 Å². The van der Waals surface area contributed by atoms with E-state index < -0.39 is 0 Å². The van der Waals surface area contributed by atoms with Crippen LogP contribution in [0.4, 0.5) is 0 Å². The van der Waals surface area contributed by atoms with Crippen molar-refractivity contribution in [2.75, 3.05) is 0 Å². The van der Waals surface area contributed by atoms with E-state index in [0.29, 0.717) is 35.0 Å². The van der Waals surface area contributed by atoms with Gasteiger partial charge in [0.1, 0.15) is 18.7 Å². The molecule has 0 saturated carbocycles. The fourth-order valence-electron chi connectivity index (χ4n) is 1.81. The molecule has 0 radical (unpaired) electrons. The lowest BCUT2D eigenvalue weighted by atomic mass is 10.2. The average molecular weight is 329 g/mol. The molecule has 2 aromatic rings. The van der Waals surface area contributed by atoms with Crippen LogP contribution in [0.15, 0.2) is 18.5 Å². The topological polar surface area (TPSA) is 52.0 Å². The van der Waals surface area contributed by atoms with Crippen molar-refractivity contribution in [3.63, 3.8) is 0 Å². The van der Waals surface area contributed by atoms with Gasteiger partial charge in [0.2, 0.25) is 0 Å². The van der Waals surface area contributed by atoms with Crippen molar-refractivity contribution < 1.29 is 4.74 Å². The van der Waals surface area contributed by atoms with Gasteiger partial charge in [-0.3, -0.25) is 4.68 Å². The van der Waals surface area contributed by atoms with Gasteiger partial charge in [0.05, 0.1) is 5.02 Å². The molecule has 5 nitrogen and oxygen atoms in total. The molecule has 0 bridgehead atoms. The van der Waals surface area contributed by atoms with Crippen LogP contribution in [0.3, 0.4) is 0 Å². The number of aromatic nitrogens is 3. The lowest BCUT2D eigenvalue weighted by Gasteiger charge is -2.15. The molecule has 7 heteroatoms. The van der Waals surface area contributed by atoms with Gasteiger partial charge in [-0.1, -0.05) is 37.0 Å². The van der Waals surface area contributed by atoms with Gasteiger partial charge in [0.15, 0.2) is 5.82 Å². The Morgan fingerprint density at radius 2 is 2.10 bits per heavy atom. The van der Waals surface area contributed by atoms with E-state index in [1.807, 2.05) is 13.1 Å². The zero-order valence-electron chi connectivity index (χ0n) is 12.2. The summed E-state index contributed by atoms with van der Waals surface area (Å²) in [6, 6.07) is 3.89. The molecule has 1 aromatic heterocycles. The Morgan fingerprint density at radius 3 is 2.71 bits per heavy atom. The van der Waals surface area contributed by atoms with Crippen LogP contribution < -0.4 is 10.1 Å². The number of benzene rings is 1. The molecule has 1 aromatic carbocycles. The molecule has 114 valence electrons. The van der Waals surface area contributed by atoms with E-state index in [1.54, 1.807) is 10.7 Å². The van der Waals surface area contributed by atoms with Crippen molar-refractivity contribution in [2.24, 2.45) is 7.05 Å². The summed E-state index contributed by atoms with van der Waals surface area (Å²) in [5.41, 5.74) is 0.920. The lowest BCUT2D eigenvalue weighted by Crippen LogP contribution is -2.22. The molecule has 1 N–H and O–H groups in total. The second-order valence-corrected chi connectivity index (χ2v) is 5.84. The third-order valence-corrected chi connectivity index (χ3v) is 3.44. The maximum atomic E-state index is 6.25. The second kappa shape index (κ2) is 7.11. The summed E-state index contributed by atoms with van der Waals surface area (Å²) < 4.78 is 7.49. The van der Waals surface area contributed by atoms with E-state index in [1.165, 1.54) is 6.33 Å². The van der Waals surface area contributed by atoms with Crippen LogP contribution in [0.25, 0.3) is 0 Å². The van der Waals surface area contributed by atoms with Gasteiger partial charge >= 0.3 is 0 Å². The van der Waals surface area contributed by atoms with E-state index >= 15 is 0 Å². The van der Waals surface area contributed by atoms with Crippen LogP contribution in [0.5, 0.6) is 5.75 Å². The zero-order chi connectivity index (χ0) is 15.4. The molecule has 0 spiro atoms. The highest BCUT2D eigenvalue weighted by Crippen LogP contribution is 2.33. The Morgan fingerprint density at radius 1 is 1.33 bits per heavy atom. The second-order valence-electron chi connectivity index (χ2n) is 5.00. The van der Waals surface area contributed by atoms with Gasteiger partial charge in [0, 0.05) is 30.2 Å². The van der Waals surface area contributed by atoms with Crippen molar-refractivity contribution >= 4 is 23.2 Å². The Kier molecular flexibility index (Phi) is 5.45. The number of ether oxygens (including phenoxy) is 1. The van der Waals surface area contributed by atoms with E-state index in [0.717, 1.165) is 11.4 Å². The van der Waals surface area contributed by atoms with Crippen molar-refractivity contribution in [2.45, 2.75) is 33.0 Å². The minimum absolute atomic E-state index is 0.298. The fourth-order valence-corrected chi connectivity index (χ4v) is 2.40. The largest absolute Gasteiger partial charge is 0.484 e. The quantitative estimate of drug-likeness (QED) is 0.884. The molecule has 2 rings (SSSR count). The van der Waals surface area contributed by atoms with Crippen LogP contribution in [0.1, 0.15) is 25.2 Å². The predicted octanol–water partition coefficient (Wildman–Crippen LogP) is 3.20. The Bertz CT molecular complexity index is 613. The monoisotopic (exact) mass is 328 g/mol. The highest BCUT2D eigenvalue weighted by molar-refractivity contribution is 6.35. The summed E-state index contributed by atoms with van der Waals surface area (Å²) in [4.78, 5) is 4.12. The summed E-state index contributed by atoms with van der Waals surface area (Å²) in [7, 11) is 1.82. The fraction of sp³-hybridized carbons (Fsp3) is 0.429. The molecule has 21 heavy (non-hydrogen) atoms. The molecule has 0 saturated heterocycles. The van der Waals surface area contributed by atoms with Crippen LogP contribution in [0.2, 0.25) is 10.0 Å². The van der Waals surface area contributed by atoms with Crippen molar-refractivity contribution in [1.29, 1.82) is 0 Å². The molecular formula is C14H18Cl2N4O. The minimum Gasteiger partial charge on any atom is -0.484 e. The number of hydrogen-bond acceptors (Lipinski definition) is 4. The molecular weight excluding hydrogens is 311 g/mol. The molecule has 0 atom stereocenters. The summed E-state index contributed by atoms with van der Waals surface area (Å²) in [5.74, 6) is 1.35. The first-order chi connectivity index (χ1) is 9.97. The van der Waals surface area contributed by atoms with Gasteiger partial charge in [-0.2, -0.15) is 5.10 Å². The van der Waals surface area contributed by atoms with Crippen molar-refractivity contribution in [3.8, 4) is 5.75 Å². The Hall–Kier alpha value is -1.30. The number of rotatable bonds is 6. The van der Waals surface area contributed by atoms with Crippen LogP contribution in [-0.4, -0.2) is 20.8 Å². The van der Waals surface area contributed by atoms with E-state index in [4.69, 9.17) is 27.9 Å². The van der Waals surface area contributed by atoms with E-state index in [-0.39, 0.29) is 0 Å². The number of aryl methyl sites for hydroxylation is 1. The van der Waals surface area contributed by atoms with Crippen LogP contribution in [-0.2, 0) is 20.2 Å². The molecule has 0 fully saturated rings. The molecule has 0 aliphatic heterocycles. The molecule has 0 amide bonds. The van der Waals surface area contributed by atoms with Gasteiger partial charge in [0.25, 0.3) is 0 Å². The van der Waals surface area contributed by atoms with Crippen molar-refractivity contribution in [1.82, 2.24) is 20.1 Å². The standard InChI is InChI=1S/C14H18Cl2N4O/c1-9(2)17-6-10-4-11(15)5-12(16)14(10)21-7-13-18-8-19-20(13)3/h4-5,8-9,17H,6-7H2,1-3H3. The Labute approximate surface area is 134 Å². The van der Waals surface area contributed by atoms with E-state index in [2.05, 4.69) is 29.2 Å². The van der Waals surface area contributed by atoms with E-state index in [9.17, 15) is 0 Å². The SMILES string of the molecule is CC(C)NCc1cc(Cl)cc(Cl)c1OCc1ncnn1C. The maximum absolute atomic E-state index is 6.25. The molecule has 0 aliphatic carbocycles. The first kappa shape index (κ1) is 16.1. The first-order valence-corrected chi connectivity index (χ1v) is 7.40. The van der Waals surface area contributed by atoms with Crippen LogP contribution >= 0.6 is 23.2 Å². The summed E-state index contributed by atoms with van der Waals surface area (Å²) in [5, 5.41) is 8.42. The Balaban J connectivity index is 2.18. The average Bonchev–Trinajstić information content (AvgIpc) is 2.80. The first-order valence-electron chi connectivity index (χ1n) is 6.64. The molecule has 0 unspecified atom stereocenters. The van der Waals surface area contributed by atoms with Gasteiger partial charge in [-0.05, 0) is 12.1 Å². The molecule has 0 aliphatic rings. The normalized spacial score (nSPS) is 11.1. The van der Waals surface area contributed by atoms with Crippen LogP contribution in [0, 0.1) is 0 Å². The maximum Gasteiger partial charge on any atom is 0.164 e. The van der Waals surface area contributed by atoms with Gasteiger partial charge < -0.3 is 10.1 Å². The lowest BCUT2D eigenvalue weighted by molar-refractivity contribution is 0.286. The number of halogens is 2. The third kappa shape index (κ3) is 4.33. The number of nitrogens with one attached hydrogen (secondary N) is 1. The highest BCUT2D eigenvalue weighted by atomic mass is 35.5. The number of hydrogen-bond donors (Lipinski definition) is 1. The predicted molar refractivity (Wildman–Crippen MR) is 83.8 cm³/mol. The highest BCUT2D eigenvalue weighted by Gasteiger charge is 2.12. The minimum atomic E-state index is 0.298.